The van der Waals surface area contributed by atoms with Crippen molar-refractivity contribution < 1.29 is 17.9 Å². The highest BCUT2D eigenvalue weighted by Crippen LogP contribution is 2.25. The largest absolute Gasteiger partial charge is 0.492 e. The van der Waals surface area contributed by atoms with Crippen LogP contribution in [0.4, 0.5) is 5.69 Å². The molecule has 2 N–H and O–H groups in total. The molecule has 2 rings (SSSR count). The lowest BCUT2D eigenvalue weighted by molar-refractivity contribution is -0.116. The molecule has 0 aromatic heterocycles. The van der Waals surface area contributed by atoms with Gasteiger partial charge >= 0.3 is 0 Å². The fourth-order valence-corrected chi connectivity index (χ4v) is 3.28. The Hall–Kier alpha value is -2.09. The van der Waals surface area contributed by atoms with Crippen molar-refractivity contribution in [2.75, 3.05) is 18.2 Å². The molecule has 0 unspecified atom stereocenters. The average molecular weight is 397 g/mol. The van der Waals surface area contributed by atoms with Crippen molar-refractivity contribution in [1.29, 1.82) is 0 Å². The third kappa shape index (κ3) is 6.33. The van der Waals surface area contributed by atoms with Gasteiger partial charge in [0.05, 0.1) is 24.6 Å². The molecule has 8 heteroatoms. The zero-order valence-corrected chi connectivity index (χ0v) is 16.1. The van der Waals surface area contributed by atoms with Crippen molar-refractivity contribution in [2.24, 2.45) is 0 Å². The maximum absolute atomic E-state index is 12.5. The van der Waals surface area contributed by atoms with Gasteiger partial charge in [-0.2, -0.15) is 0 Å². The summed E-state index contributed by atoms with van der Waals surface area (Å²) in [5, 5.41) is 3.30. The topological polar surface area (TPSA) is 84.5 Å². The number of halogens is 1. The van der Waals surface area contributed by atoms with Crippen LogP contribution in [0.15, 0.2) is 48.5 Å². The Morgan fingerprint density at radius 2 is 1.81 bits per heavy atom. The van der Waals surface area contributed by atoms with E-state index < -0.39 is 16.1 Å². The predicted molar refractivity (Wildman–Crippen MR) is 103 cm³/mol. The summed E-state index contributed by atoms with van der Waals surface area (Å²) in [4.78, 5) is 12.5. The third-order valence-corrected chi connectivity index (χ3v) is 4.44. The summed E-state index contributed by atoms with van der Waals surface area (Å²) in [5.41, 5.74) is 1.18. The van der Waals surface area contributed by atoms with Gasteiger partial charge in [-0.3, -0.25) is 4.79 Å². The van der Waals surface area contributed by atoms with Crippen molar-refractivity contribution in [3.63, 3.8) is 0 Å². The van der Waals surface area contributed by atoms with Crippen LogP contribution in [0.5, 0.6) is 5.75 Å². The van der Waals surface area contributed by atoms with E-state index in [1.807, 2.05) is 13.0 Å². The maximum atomic E-state index is 12.5. The number of nitrogens with one attached hydrogen (secondary N) is 2. The van der Waals surface area contributed by atoms with E-state index in [4.69, 9.17) is 16.3 Å². The Morgan fingerprint density at radius 1 is 1.15 bits per heavy atom. The number of ether oxygens (including phenoxy) is 1. The molecular weight excluding hydrogens is 376 g/mol. The summed E-state index contributed by atoms with van der Waals surface area (Å²) < 4.78 is 31.3. The van der Waals surface area contributed by atoms with Crippen LogP contribution in [0, 0.1) is 0 Å². The molecule has 0 aliphatic heterocycles. The van der Waals surface area contributed by atoms with E-state index in [0.717, 1.165) is 6.26 Å². The van der Waals surface area contributed by atoms with Gasteiger partial charge in [0.2, 0.25) is 15.9 Å². The zero-order chi connectivity index (χ0) is 19.2. The molecule has 1 atom stereocenters. The molecule has 1 amide bonds. The van der Waals surface area contributed by atoms with Gasteiger partial charge in [-0.25, -0.2) is 13.1 Å². The number of hydrogen-bond acceptors (Lipinski definition) is 4. The minimum absolute atomic E-state index is 0.0742. The standard InChI is InChI=1S/C18H21ClN2O4S/c1-3-25-17-7-5-4-6-15(17)20-18(22)12-16(21-26(2,23)24)13-8-10-14(19)11-9-13/h4-11,16,21H,3,12H2,1-2H3,(H,20,22)/t16-/m1/s1. The van der Waals surface area contributed by atoms with Crippen molar-refractivity contribution in [3.8, 4) is 5.75 Å². The number of sulfonamides is 1. The number of anilines is 1. The molecule has 0 spiro atoms. The van der Waals surface area contributed by atoms with Gasteiger partial charge in [0, 0.05) is 11.4 Å². The number of benzene rings is 2. The summed E-state index contributed by atoms with van der Waals surface area (Å²) in [6.45, 7) is 2.32. The molecule has 26 heavy (non-hydrogen) atoms. The Kier molecular flexibility index (Phi) is 7.02. The van der Waals surface area contributed by atoms with E-state index in [1.54, 1.807) is 42.5 Å². The van der Waals surface area contributed by atoms with Gasteiger partial charge in [-0.1, -0.05) is 35.9 Å². The quantitative estimate of drug-likeness (QED) is 0.716. The van der Waals surface area contributed by atoms with Crippen molar-refractivity contribution in [1.82, 2.24) is 4.72 Å². The Morgan fingerprint density at radius 3 is 2.42 bits per heavy atom. The van der Waals surface area contributed by atoms with Gasteiger partial charge in [-0.15, -0.1) is 0 Å². The number of carbonyl (C=O) groups excluding carboxylic acids is 1. The molecule has 140 valence electrons. The first-order valence-corrected chi connectivity index (χ1v) is 10.3. The van der Waals surface area contributed by atoms with Gasteiger partial charge in [0.15, 0.2) is 0 Å². The molecule has 0 aliphatic carbocycles. The van der Waals surface area contributed by atoms with E-state index in [9.17, 15) is 13.2 Å². The van der Waals surface area contributed by atoms with Crippen LogP contribution < -0.4 is 14.8 Å². The average Bonchev–Trinajstić information content (AvgIpc) is 2.56. The van der Waals surface area contributed by atoms with Crippen LogP contribution in [0.1, 0.15) is 24.9 Å². The highest BCUT2D eigenvalue weighted by atomic mass is 35.5. The fraction of sp³-hybridized carbons (Fsp3) is 0.278. The van der Waals surface area contributed by atoms with Crippen molar-refractivity contribution in [2.45, 2.75) is 19.4 Å². The van der Waals surface area contributed by atoms with Crippen molar-refractivity contribution in [3.05, 3.63) is 59.1 Å². The summed E-state index contributed by atoms with van der Waals surface area (Å²) >= 11 is 5.88. The first-order chi connectivity index (χ1) is 12.3. The Bertz CT molecular complexity index is 854. The second-order valence-corrected chi connectivity index (χ2v) is 7.89. The predicted octanol–water partition coefficient (Wildman–Crippen LogP) is 3.36. The highest BCUT2D eigenvalue weighted by Gasteiger charge is 2.20. The lowest BCUT2D eigenvalue weighted by atomic mass is 10.0. The summed E-state index contributed by atoms with van der Waals surface area (Å²) in [7, 11) is -3.50. The zero-order valence-electron chi connectivity index (χ0n) is 14.5. The van der Waals surface area contributed by atoms with Crippen LogP contribution in [0.3, 0.4) is 0 Å². The highest BCUT2D eigenvalue weighted by molar-refractivity contribution is 7.88. The summed E-state index contributed by atoms with van der Waals surface area (Å²) in [6.07, 6.45) is 0.980. The van der Waals surface area contributed by atoms with E-state index in [0.29, 0.717) is 28.6 Å². The first kappa shape index (κ1) is 20.2. The van der Waals surface area contributed by atoms with E-state index >= 15 is 0 Å². The number of hydrogen-bond donors (Lipinski definition) is 2. The fourth-order valence-electron chi connectivity index (χ4n) is 2.42. The lowest BCUT2D eigenvalue weighted by Gasteiger charge is -2.18. The normalized spacial score (nSPS) is 12.4. The molecule has 0 heterocycles. The number of carbonyl (C=O) groups is 1. The second-order valence-electron chi connectivity index (χ2n) is 5.68. The van der Waals surface area contributed by atoms with Gasteiger partial charge in [0.25, 0.3) is 0 Å². The number of rotatable bonds is 8. The number of para-hydroxylation sites is 2. The lowest BCUT2D eigenvalue weighted by Crippen LogP contribution is -2.30. The second kappa shape index (κ2) is 9.02. The monoisotopic (exact) mass is 396 g/mol. The molecular formula is C18H21ClN2O4S. The minimum Gasteiger partial charge on any atom is -0.492 e. The molecule has 0 radical (unpaired) electrons. The molecule has 2 aromatic rings. The van der Waals surface area contributed by atoms with Crippen LogP contribution in [0.25, 0.3) is 0 Å². The minimum atomic E-state index is -3.50. The smallest absolute Gasteiger partial charge is 0.226 e. The molecule has 6 nitrogen and oxygen atoms in total. The summed E-state index contributed by atoms with van der Waals surface area (Å²) in [6, 6.07) is 13.0. The molecule has 2 aromatic carbocycles. The third-order valence-electron chi connectivity index (χ3n) is 3.48. The van der Waals surface area contributed by atoms with Crippen molar-refractivity contribution >= 4 is 33.2 Å². The van der Waals surface area contributed by atoms with E-state index in [1.165, 1.54) is 0 Å². The maximum Gasteiger partial charge on any atom is 0.226 e. The molecule has 0 bridgehead atoms. The van der Waals surface area contributed by atoms with E-state index in [2.05, 4.69) is 10.0 Å². The van der Waals surface area contributed by atoms with E-state index in [-0.39, 0.29) is 12.3 Å². The van der Waals surface area contributed by atoms with Gasteiger partial charge in [0.1, 0.15) is 5.75 Å². The van der Waals surface area contributed by atoms with Crippen LogP contribution in [-0.4, -0.2) is 27.2 Å². The SMILES string of the molecule is CCOc1ccccc1NC(=O)C[C@@H](NS(C)(=O)=O)c1ccc(Cl)cc1. The number of amides is 1. The first-order valence-electron chi connectivity index (χ1n) is 8.03. The Balaban J connectivity index is 2.17. The van der Waals surface area contributed by atoms with Crippen LogP contribution in [-0.2, 0) is 14.8 Å². The molecule has 0 fully saturated rings. The van der Waals surface area contributed by atoms with Crippen LogP contribution >= 0.6 is 11.6 Å². The summed E-state index contributed by atoms with van der Waals surface area (Å²) in [5.74, 6) is 0.218. The Labute approximate surface area is 158 Å². The molecule has 0 aliphatic rings. The van der Waals surface area contributed by atoms with Crippen LogP contribution in [0.2, 0.25) is 5.02 Å². The van der Waals surface area contributed by atoms with Gasteiger partial charge in [-0.05, 0) is 36.8 Å². The molecule has 0 saturated carbocycles. The molecule has 0 saturated heterocycles. The van der Waals surface area contributed by atoms with Gasteiger partial charge < -0.3 is 10.1 Å².